The Morgan fingerprint density at radius 2 is 1.88 bits per heavy atom. The second kappa shape index (κ2) is 13.1. The van der Waals surface area contributed by atoms with Crippen LogP contribution < -0.4 is 16.0 Å². The van der Waals surface area contributed by atoms with Crippen molar-refractivity contribution in [2.75, 3.05) is 25.6 Å². The van der Waals surface area contributed by atoms with Crippen molar-refractivity contribution in [2.24, 2.45) is 11.8 Å². The number of ether oxygens (including phenoxy) is 1. The van der Waals surface area contributed by atoms with Crippen LogP contribution in [0.15, 0.2) is 30.7 Å². The molecule has 0 spiro atoms. The highest BCUT2D eigenvalue weighted by atomic mass is 19.4. The maximum absolute atomic E-state index is 13.7. The van der Waals surface area contributed by atoms with Crippen LogP contribution in [0.1, 0.15) is 74.7 Å². The van der Waals surface area contributed by atoms with Crippen LogP contribution in [0.5, 0.6) is 0 Å². The third-order valence-corrected chi connectivity index (χ3v) is 7.98. The monoisotopic (exact) mass is 593 g/mol. The Balaban J connectivity index is 1.55. The standard InChI is InChI=1S/C28H38F3N7O4/c1-16(2)37-12-11-33-24(37)26(40)36-23(18-7-5-17(3)6-8-18)25(39)35-22-13-19(9-10-32-22)20(15-42-4)38-14-21(28(29,30)31)34-27(38)41/h9-13,16-18,20-21,23H,5-8,14-15H2,1-4H3,(H,34,41)(H,36,40)(H,32,35,39)/t17?,18?,20?,21-,23-/m0/s1. The number of alkyl halides is 3. The number of hydrogen-bond donors (Lipinski definition) is 3. The smallest absolute Gasteiger partial charge is 0.382 e. The van der Waals surface area contributed by atoms with Crippen LogP contribution in [0.4, 0.5) is 23.8 Å². The van der Waals surface area contributed by atoms with Crippen molar-refractivity contribution in [3.63, 3.8) is 0 Å². The number of halogens is 3. The van der Waals surface area contributed by atoms with E-state index in [4.69, 9.17) is 4.74 Å². The molecule has 2 aromatic rings. The summed E-state index contributed by atoms with van der Waals surface area (Å²) in [4.78, 5) is 48.9. The van der Waals surface area contributed by atoms with Crippen LogP contribution in [-0.2, 0) is 9.53 Å². The molecule has 42 heavy (non-hydrogen) atoms. The van der Waals surface area contributed by atoms with E-state index in [2.05, 4.69) is 27.5 Å². The van der Waals surface area contributed by atoms with Gasteiger partial charge in [-0.1, -0.05) is 19.8 Å². The lowest BCUT2D eigenvalue weighted by Crippen LogP contribution is -2.50. The number of rotatable bonds is 10. The van der Waals surface area contributed by atoms with Gasteiger partial charge in [0, 0.05) is 31.7 Å². The number of amides is 4. The van der Waals surface area contributed by atoms with Crippen LogP contribution in [-0.4, -0.2) is 75.8 Å². The maximum Gasteiger partial charge on any atom is 0.410 e. The molecule has 1 aliphatic heterocycles. The van der Waals surface area contributed by atoms with Crippen LogP contribution in [0, 0.1) is 11.8 Å². The predicted molar refractivity (Wildman–Crippen MR) is 148 cm³/mol. The first kappa shape index (κ1) is 31.3. The van der Waals surface area contributed by atoms with E-state index in [0.717, 1.165) is 30.6 Å². The summed E-state index contributed by atoms with van der Waals surface area (Å²) in [6.07, 6.45) is 3.41. The van der Waals surface area contributed by atoms with E-state index in [9.17, 15) is 27.6 Å². The van der Waals surface area contributed by atoms with Gasteiger partial charge in [-0.25, -0.2) is 14.8 Å². The van der Waals surface area contributed by atoms with Crippen molar-refractivity contribution in [1.82, 2.24) is 30.1 Å². The van der Waals surface area contributed by atoms with Gasteiger partial charge in [-0.15, -0.1) is 0 Å². The molecule has 11 nitrogen and oxygen atoms in total. The number of urea groups is 1. The van der Waals surface area contributed by atoms with E-state index in [-0.39, 0.29) is 30.2 Å². The fourth-order valence-electron chi connectivity index (χ4n) is 5.59. The second-order valence-corrected chi connectivity index (χ2v) is 11.4. The SMILES string of the molecule is COCC(c1ccnc(NC(=O)[C@@H](NC(=O)c2nccn2C(C)C)C2CCC(C)CC2)c1)N1C[C@@H](C(F)(F)F)NC1=O. The third kappa shape index (κ3) is 7.20. The molecular weight excluding hydrogens is 555 g/mol. The molecule has 4 amide bonds. The van der Waals surface area contributed by atoms with E-state index in [1.165, 1.54) is 25.6 Å². The van der Waals surface area contributed by atoms with E-state index in [1.807, 2.05) is 19.2 Å². The molecule has 4 rings (SSSR count). The maximum atomic E-state index is 13.7. The van der Waals surface area contributed by atoms with Crippen molar-refractivity contribution >= 4 is 23.7 Å². The van der Waals surface area contributed by atoms with Crippen LogP contribution in [0.3, 0.4) is 0 Å². The molecule has 14 heteroatoms. The number of aromatic nitrogens is 3. The molecule has 3 atom stereocenters. The molecule has 2 fully saturated rings. The Hall–Kier alpha value is -3.68. The second-order valence-electron chi connectivity index (χ2n) is 11.4. The summed E-state index contributed by atoms with van der Waals surface area (Å²) in [6.45, 7) is 5.36. The zero-order chi connectivity index (χ0) is 30.6. The fraction of sp³-hybridized carbons (Fsp3) is 0.607. The molecule has 2 aliphatic rings. The summed E-state index contributed by atoms with van der Waals surface area (Å²) < 4.78 is 46.8. The van der Waals surface area contributed by atoms with Crippen molar-refractivity contribution in [2.45, 2.75) is 76.8 Å². The molecule has 3 heterocycles. The first-order valence-corrected chi connectivity index (χ1v) is 14.1. The minimum absolute atomic E-state index is 0.00728. The van der Waals surface area contributed by atoms with Gasteiger partial charge < -0.3 is 30.2 Å². The lowest BCUT2D eigenvalue weighted by Gasteiger charge is -2.32. The Labute approximate surface area is 242 Å². The van der Waals surface area contributed by atoms with Crippen LogP contribution in [0.2, 0.25) is 0 Å². The van der Waals surface area contributed by atoms with E-state index < -0.39 is 48.7 Å². The first-order valence-electron chi connectivity index (χ1n) is 14.1. The Bertz CT molecular complexity index is 1260. The topological polar surface area (TPSA) is 130 Å². The summed E-state index contributed by atoms with van der Waals surface area (Å²) in [5, 5.41) is 7.64. The molecule has 1 saturated heterocycles. The van der Waals surface area contributed by atoms with Gasteiger partial charge in [-0.3, -0.25) is 9.59 Å². The van der Waals surface area contributed by atoms with Gasteiger partial charge in [0.2, 0.25) is 5.91 Å². The van der Waals surface area contributed by atoms with E-state index in [0.29, 0.717) is 11.5 Å². The Morgan fingerprint density at radius 1 is 1.17 bits per heavy atom. The molecule has 0 radical (unpaired) electrons. The van der Waals surface area contributed by atoms with E-state index >= 15 is 0 Å². The highest BCUT2D eigenvalue weighted by Gasteiger charge is 2.48. The highest BCUT2D eigenvalue weighted by Crippen LogP contribution is 2.33. The number of methoxy groups -OCH3 is 1. The fourth-order valence-corrected chi connectivity index (χ4v) is 5.59. The minimum Gasteiger partial charge on any atom is -0.382 e. The van der Waals surface area contributed by atoms with Crippen LogP contribution in [0.25, 0.3) is 0 Å². The summed E-state index contributed by atoms with van der Waals surface area (Å²) >= 11 is 0. The molecule has 230 valence electrons. The van der Waals surface area contributed by atoms with Crippen LogP contribution >= 0.6 is 0 Å². The molecule has 0 bridgehead atoms. The number of nitrogens with one attached hydrogen (secondary N) is 3. The van der Waals surface area contributed by atoms with Gasteiger partial charge in [0.05, 0.1) is 19.2 Å². The normalized spacial score (nSPS) is 22.5. The summed E-state index contributed by atoms with van der Waals surface area (Å²) in [5.74, 6) is -0.169. The lowest BCUT2D eigenvalue weighted by atomic mass is 9.79. The molecule has 1 unspecified atom stereocenters. The minimum atomic E-state index is -4.60. The van der Waals surface area contributed by atoms with Crippen molar-refractivity contribution in [3.05, 3.63) is 42.1 Å². The first-order chi connectivity index (χ1) is 19.9. The number of carbonyl (C=O) groups excluding carboxylic acids is 3. The summed E-state index contributed by atoms with van der Waals surface area (Å²) in [6, 6.07) is -1.53. The Morgan fingerprint density at radius 3 is 2.50 bits per heavy atom. The average Bonchev–Trinajstić information content (AvgIpc) is 3.58. The average molecular weight is 594 g/mol. The van der Waals surface area contributed by atoms with Gasteiger partial charge >= 0.3 is 12.2 Å². The van der Waals surface area contributed by atoms with Crippen molar-refractivity contribution < 1.29 is 32.3 Å². The van der Waals surface area contributed by atoms with Gasteiger partial charge in [0.25, 0.3) is 5.91 Å². The Kier molecular flexibility index (Phi) is 9.74. The number of hydrogen-bond acceptors (Lipinski definition) is 6. The number of carbonyl (C=O) groups is 3. The van der Waals surface area contributed by atoms with E-state index in [1.54, 1.807) is 16.8 Å². The number of nitrogens with zero attached hydrogens (tertiary/aromatic N) is 4. The molecule has 3 N–H and O–H groups in total. The molecular formula is C28H38F3N7O4. The summed E-state index contributed by atoms with van der Waals surface area (Å²) in [5.41, 5.74) is 0.436. The van der Waals surface area contributed by atoms with Gasteiger partial charge in [0.15, 0.2) is 5.82 Å². The van der Waals surface area contributed by atoms with Crippen molar-refractivity contribution in [3.8, 4) is 0 Å². The molecule has 1 aliphatic carbocycles. The molecule has 1 saturated carbocycles. The van der Waals surface area contributed by atoms with Gasteiger partial charge in [-0.05, 0) is 56.2 Å². The predicted octanol–water partition coefficient (Wildman–Crippen LogP) is 4.07. The third-order valence-electron chi connectivity index (χ3n) is 7.98. The zero-order valence-corrected chi connectivity index (χ0v) is 24.1. The number of anilines is 1. The summed E-state index contributed by atoms with van der Waals surface area (Å²) in [7, 11) is 1.38. The molecule has 0 aromatic carbocycles. The number of imidazole rings is 1. The lowest BCUT2D eigenvalue weighted by molar-refractivity contribution is -0.150. The zero-order valence-electron chi connectivity index (χ0n) is 24.1. The number of pyridine rings is 1. The van der Waals surface area contributed by atoms with Crippen molar-refractivity contribution in [1.29, 1.82) is 0 Å². The molecule has 2 aromatic heterocycles. The quantitative estimate of drug-likeness (QED) is 0.381. The highest BCUT2D eigenvalue weighted by molar-refractivity contribution is 5.99. The van der Waals surface area contributed by atoms with Gasteiger partial charge in [0.1, 0.15) is 17.9 Å². The largest absolute Gasteiger partial charge is 0.410 e. The van der Waals surface area contributed by atoms with Gasteiger partial charge in [-0.2, -0.15) is 13.2 Å².